The highest BCUT2D eigenvalue weighted by Crippen LogP contribution is 2.21. The molecule has 0 saturated heterocycles. The van der Waals surface area contributed by atoms with Crippen molar-refractivity contribution in [2.24, 2.45) is 5.92 Å². The van der Waals surface area contributed by atoms with Crippen molar-refractivity contribution in [2.75, 3.05) is 7.05 Å². The van der Waals surface area contributed by atoms with Gasteiger partial charge in [0.2, 0.25) is 11.8 Å². The number of thiol groups is 1. The summed E-state index contributed by atoms with van der Waals surface area (Å²) in [5.74, 6) is -2.36. The molecule has 0 heterocycles. The van der Waals surface area contributed by atoms with Crippen molar-refractivity contribution >= 4 is 30.4 Å². The Morgan fingerprint density at radius 1 is 0.788 bits per heavy atom. The number of rotatable bonds is 21. The molecule has 0 rings (SSSR count). The molecule has 3 N–H and O–H groups in total. The molecule has 2 atom stereocenters. The van der Waals surface area contributed by atoms with Crippen molar-refractivity contribution in [2.45, 2.75) is 134 Å². The molecular weight excluding hydrogens is 436 g/mol. The summed E-state index contributed by atoms with van der Waals surface area (Å²) in [5.41, 5.74) is 0. The zero-order chi connectivity index (χ0) is 25.1. The Hall–Kier alpha value is -1.24. The van der Waals surface area contributed by atoms with Gasteiger partial charge in [-0.25, -0.2) is 0 Å². The fraction of sp³-hybridized carbons (Fsp3) is 0.885. The number of carboxylic acid groups (broad SMARTS) is 1. The number of unbranched alkanes of at least 4 members (excludes halogenated alkanes) is 13. The molecule has 0 aromatic rings. The van der Waals surface area contributed by atoms with E-state index in [0.29, 0.717) is 6.42 Å². The summed E-state index contributed by atoms with van der Waals surface area (Å²) in [6.45, 7) is 5.74. The Balaban J connectivity index is 4.14. The minimum Gasteiger partial charge on any atom is -0.481 e. The SMILES string of the molecule is CCCCCCCCCCCCCCCCC(CC(=O)O)C(=O)N[C@H](C(=O)NC)C(C)(C)S. The predicted octanol–water partition coefficient (Wildman–Crippen LogP) is 5.89. The van der Waals surface area contributed by atoms with E-state index >= 15 is 0 Å². The molecule has 0 fully saturated rings. The highest BCUT2D eigenvalue weighted by molar-refractivity contribution is 7.81. The number of hydrogen-bond donors (Lipinski definition) is 4. The summed E-state index contributed by atoms with van der Waals surface area (Å²) < 4.78 is -0.765. The normalized spacial score (nSPS) is 13.4. The van der Waals surface area contributed by atoms with E-state index in [-0.39, 0.29) is 18.2 Å². The van der Waals surface area contributed by atoms with Crippen molar-refractivity contribution < 1.29 is 19.5 Å². The number of carboxylic acids is 1. The van der Waals surface area contributed by atoms with Crippen molar-refractivity contribution in [3.05, 3.63) is 0 Å². The maximum Gasteiger partial charge on any atom is 0.304 e. The Morgan fingerprint density at radius 3 is 1.58 bits per heavy atom. The number of carbonyl (C=O) groups is 3. The van der Waals surface area contributed by atoms with Crippen LogP contribution in [0.5, 0.6) is 0 Å². The minimum absolute atomic E-state index is 0.224. The van der Waals surface area contributed by atoms with E-state index in [2.05, 4.69) is 30.2 Å². The van der Waals surface area contributed by atoms with E-state index in [1.54, 1.807) is 13.8 Å². The molecule has 1 unspecified atom stereocenters. The second kappa shape index (κ2) is 19.1. The highest BCUT2D eigenvalue weighted by Gasteiger charge is 2.35. The summed E-state index contributed by atoms with van der Waals surface area (Å²) >= 11 is 4.43. The molecule has 0 aliphatic carbocycles. The van der Waals surface area contributed by atoms with Gasteiger partial charge in [0.25, 0.3) is 0 Å². The summed E-state index contributed by atoms with van der Waals surface area (Å²) in [6.07, 6.45) is 17.8. The largest absolute Gasteiger partial charge is 0.481 e. The summed E-state index contributed by atoms with van der Waals surface area (Å²) in [6, 6.07) is -0.828. The molecule has 2 amide bonds. The molecule has 0 aliphatic rings. The van der Waals surface area contributed by atoms with Gasteiger partial charge in [-0.05, 0) is 20.3 Å². The van der Waals surface area contributed by atoms with Gasteiger partial charge in [-0.15, -0.1) is 0 Å². The molecule has 33 heavy (non-hydrogen) atoms. The maximum atomic E-state index is 12.7. The molecule has 0 spiro atoms. The molecular formula is C26H50N2O4S. The lowest BCUT2D eigenvalue weighted by atomic mass is 9.94. The molecule has 0 radical (unpaired) electrons. The predicted molar refractivity (Wildman–Crippen MR) is 140 cm³/mol. The zero-order valence-electron chi connectivity index (χ0n) is 21.6. The third kappa shape index (κ3) is 16.9. The Bertz CT molecular complexity index is 549. The number of likely N-dealkylation sites (N-methyl/N-ethyl adjacent to an activating group) is 1. The fourth-order valence-corrected chi connectivity index (χ4v) is 4.27. The van der Waals surface area contributed by atoms with Gasteiger partial charge in [-0.1, -0.05) is 96.8 Å². The third-order valence-electron chi connectivity index (χ3n) is 6.20. The molecule has 6 nitrogen and oxygen atoms in total. The zero-order valence-corrected chi connectivity index (χ0v) is 22.5. The Kier molecular flexibility index (Phi) is 18.4. The number of aliphatic carboxylic acids is 1. The third-order valence-corrected chi connectivity index (χ3v) is 6.46. The first-order valence-corrected chi connectivity index (χ1v) is 13.5. The van der Waals surface area contributed by atoms with Crippen LogP contribution in [0, 0.1) is 5.92 Å². The number of nitrogens with one attached hydrogen (secondary N) is 2. The van der Waals surface area contributed by atoms with Crippen LogP contribution in [0.25, 0.3) is 0 Å². The van der Waals surface area contributed by atoms with Gasteiger partial charge in [0.1, 0.15) is 6.04 Å². The average Bonchev–Trinajstić information content (AvgIpc) is 2.75. The van der Waals surface area contributed by atoms with E-state index in [1.807, 2.05) is 0 Å². The number of carbonyl (C=O) groups excluding carboxylic acids is 2. The standard InChI is InChI=1S/C26H50N2O4S/c1-5-6-7-8-9-10-11-12-13-14-15-16-17-18-19-21(20-22(29)30)24(31)28-23(25(32)27-4)26(2,3)33/h21,23,33H,5-20H2,1-4H3,(H,27,32)(H,28,31)(H,29,30)/t21?,23-/m1/s1. The van der Waals surface area contributed by atoms with Gasteiger partial charge in [0.15, 0.2) is 0 Å². The van der Waals surface area contributed by atoms with E-state index in [4.69, 9.17) is 0 Å². The highest BCUT2D eigenvalue weighted by atomic mass is 32.1. The van der Waals surface area contributed by atoms with Crippen LogP contribution in [0.15, 0.2) is 0 Å². The second-order valence-corrected chi connectivity index (χ2v) is 11.0. The monoisotopic (exact) mass is 486 g/mol. The lowest BCUT2D eigenvalue weighted by Crippen LogP contribution is -2.56. The lowest BCUT2D eigenvalue weighted by molar-refractivity contribution is -0.141. The maximum absolute atomic E-state index is 12.7. The minimum atomic E-state index is -0.998. The van der Waals surface area contributed by atoms with Gasteiger partial charge in [0, 0.05) is 17.7 Å². The summed E-state index contributed by atoms with van der Waals surface area (Å²) in [5, 5.41) is 14.5. The van der Waals surface area contributed by atoms with Crippen LogP contribution in [0.3, 0.4) is 0 Å². The first-order valence-electron chi connectivity index (χ1n) is 13.1. The lowest BCUT2D eigenvalue weighted by Gasteiger charge is -2.30. The van der Waals surface area contributed by atoms with Gasteiger partial charge in [-0.3, -0.25) is 14.4 Å². The fourth-order valence-electron chi connectivity index (χ4n) is 4.09. The number of amides is 2. The smallest absolute Gasteiger partial charge is 0.304 e. The van der Waals surface area contributed by atoms with Crippen molar-refractivity contribution in [1.29, 1.82) is 0 Å². The van der Waals surface area contributed by atoms with Gasteiger partial charge in [-0.2, -0.15) is 12.6 Å². The number of hydrogen-bond acceptors (Lipinski definition) is 4. The van der Waals surface area contributed by atoms with Crippen molar-refractivity contribution in [3.8, 4) is 0 Å². The molecule has 0 saturated carbocycles. The first-order chi connectivity index (χ1) is 15.6. The molecule has 0 aromatic heterocycles. The van der Waals surface area contributed by atoms with Crippen LogP contribution in [-0.2, 0) is 14.4 Å². The first kappa shape index (κ1) is 31.8. The van der Waals surface area contributed by atoms with Crippen molar-refractivity contribution in [1.82, 2.24) is 10.6 Å². The van der Waals surface area contributed by atoms with Crippen LogP contribution in [0.4, 0.5) is 0 Å². The van der Waals surface area contributed by atoms with E-state index in [1.165, 1.54) is 77.7 Å². The Morgan fingerprint density at radius 2 is 1.21 bits per heavy atom. The van der Waals surface area contributed by atoms with Crippen molar-refractivity contribution in [3.63, 3.8) is 0 Å². The molecule has 0 aliphatic heterocycles. The molecule has 0 bridgehead atoms. The van der Waals surface area contributed by atoms with Gasteiger partial charge >= 0.3 is 5.97 Å². The van der Waals surface area contributed by atoms with Crippen LogP contribution in [0.1, 0.15) is 124 Å². The van der Waals surface area contributed by atoms with Crippen LogP contribution >= 0.6 is 12.6 Å². The van der Waals surface area contributed by atoms with Crippen LogP contribution < -0.4 is 10.6 Å². The molecule has 7 heteroatoms. The van der Waals surface area contributed by atoms with Crippen LogP contribution in [0.2, 0.25) is 0 Å². The van der Waals surface area contributed by atoms with E-state index in [0.717, 1.165) is 19.3 Å². The van der Waals surface area contributed by atoms with E-state index in [9.17, 15) is 19.5 Å². The van der Waals surface area contributed by atoms with Gasteiger partial charge < -0.3 is 15.7 Å². The summed E-state index contributed by atoms with van der Waals surface area (Å²) in [7, 11) is 1.50. The van der Waals surface area contributed by atoms with Gasteiger partial charge in [0.05, 0.1) is 6.42 Å². The molecule has 0 aromatic carbocycles. The molecule has 194 valence electrons. The Labute approximate surface area is 207 Å². The quantitative estimate of drug-likeness (QED) is 0.120. The van der Waals surface area contributed by atoms with E-state index < -0.39 is 22.7 Å². The van der Waals surface area contributed by atoms with Crippen LogP contribution in [-0.4, -0.2) is 40.7 Å². The summed E-state index contributed by atoms with van der Waals surface area (Å²) in [4.78, 5) is 36.1. The average molecular weight is 487 g/mol. The second-order valence-electron chi connectivity index (χ2n) is 9.89. The topological polar surface area (TPSA) is 95.5 Å².